The fraction of sp³-hybridized carbons (Fsp3) is 0.500. The molecule has 10 heteroatoms. The zero-order valence-electron chi connectivity index (χ0n) is 12.8. The van der Waals surface area contributed by atoms with Crippen LogP contribution in [0.4, 0.5) is 18.0 Å². The molecule has 0 aliphatic heterocycles. The molecule has 1 aliphatic carbocycles. The number of nitrogens with zero attached hydrogens (tertiary/aromatic N) is 3. The number of thiophene rings is 1. The van der Waals surface area contributed by atoms with Crippen LogP contribution < -0.4 is 5.32 Å². The van der Waals surface area contributed by atoms with E-state index in [1.54, 1.807) is 17.0 Å². The summed E-state index contributed by atoms with van der Waals surface area (Å²) in [7, 11) is 0. The topological polar surface area (TPSA) is 71.3 Å². The minimum Gasteiger partial charge on any atom is -0.335 e. The maximum atomic E-state index is 12.5. The lowest BCUT2D eigenvalue weighted by Crippen LogP contribution is -2.40. The van der Waals surface area contributed by atoms with Gasteiger partial charge in [-0.1, -0.05) is 5.16 Å². The standard InChI is InChI=1S/C14H15F3N4O2S/c1-2-21(13(22)18-8-3-4-8)7-9-5-6-10(24-9)11-19-12(23-20-11)14(15,16)17/h5-6,8H,2-4,7H2,1H3,(H,18,22). The number of amides is 2. The fourth-order valence-corrected chi connectivity index (χ4v) is 2.98. The average Bonchev–Trinajstić information content (AvgIpc) is 3.03. The molecule has 0 atom stereocenters. The Labute approximate surface area is 139 Å². The van der Waals surface area contributed by atoms with Gasteiger partial charge in [0.25, 0.3) is 0 Å². The molecule has 2 aromatic heterocycles. The van der Waals surface area contributed by atoms with Crippen LogP contribution in [0.2, 0.25) is 0 Å². The second kappa shape index (κ2) is 6.42. The normalized spacial score (nSPS) is 14.7. The maximum Gasteiger partial charge on any atom is 0.471 e. The zero-order chi connectivity index (χ0) is 17.3. The van der Waals surface area contributed by atoms with Gasteiger partial charge in [-0.25, -0.2) is 4.79 Å². The Morgan fingerprint density at radius 1 is 1.46 bits per heavy atom. The van der Waals surface area contributed by atoms with Crippen LogP contribution >= 0.6 is 11.3 Å². The molecule has 0 bridgehead atoms. The van der Waals surface area contributed by atoms with Gasteiger partial charge < -0.3 is 14.7 Å². The summed E-state index contributed by atoms with van der Waals surface area (Å²) < 4.78 is 41.7. The molecule has 1 aliphatic rings. The van der Waals surface area contributed by atoms with Crippen LogP contribution in [-0.2, 0) is 12.7 Å². The van der Waals surface area contributed by atoms with Crippen molar-refractivity contribution in [3.8, 4) is 10.7 Å². The first-order chi connectivity index (χ1) is 11.4. The van der Waals surface area contributed by atoms with Gasteiger partial charge in [0.1, 0.15) is 0 Å². The number of carbonyl (C=O) groups is 1. The third-order valence-corrected chi connectivity index (χ3v) is 4.54. The summed E-state index contributed by atoms with van der Waals surface area (Å²) in [5.74, 6) is -1.48. The molecule has 24 heavy (non-hydrogen) atoms. The summed E-state index contributed by atoms with van der Waals surface area (Å²) in [4.78, 5) is 18.4. The zero-order valence-corrected chi connectivity index (χ0v) is 13.6. The highest BCUT2D eigenvalue weighted by molar-refractivity contribution is 7.15. The largest absolute Gasteiger partial charge is 0.471 e. The number of carbonyl (C=O) groups excluding carboxylic acids is 1. The second-order valence-corrected chi connectivity index (χ2v) is 6.59. The Kier molecular flexibility index (Phi) is 4.48. The number of urea groups is 1. The van der Waals surface area contributed by atoms with E-state index in [2.05, 4.69) is 20.0 Å². The molecule has 1 saturated carbocycles. The van der Waals surface area contributed by atoms with Crippen LogP contribution in [-0.4, -0.2) is 33.7 Å². The van der Waals surface area contributed by atoms with E-state index < -0.39 is 12.1 Å². The number of rotatable bonds is 5. The molecule has 0 unspecified atom stereocenters. The molecule has 2 heterocycles. The molecule has 1 N–H and O–H groups in total. The van der Waals surface area contributed by atoms with Crippen molar-refractivity contribution in [3.05, 3.63) is 22.9 Å². The van der Waals surface area contributed by atoms with Crippen LogP contribution in [0.15, 0.2) is 16.7 Å². The number of halogens is 3. The summed E-state index contributed by atoms with van der Waals surface area (Å²) in [5, 5.41) is 6.27. The molecule has 1 fully saturated rings. The van der Waals surface area contributed by atoms with Gasteiger partial charge in [-0.3, -0.25) is 0 Å². The Balaban J connectivity index is 1.68. The van der Waals surface area contributed by atoms with Crippen molar-refractivity contribution in [2.45, 2.75) is 38.5 Å². The van der Waals surface area contributed by atoms with Crippen molar-refractivity contribution in [2.75, 3.05) is 6.54 Å². The van der Waals surface area contributed by atoms with Gasteiger partial charge in [0, 0.05) is 17.5 Å². The second-order valence-electron chi connectivity index (χ2n) is 5.42. The van der Waals surface area contributed by atoms with Gasteiger partial charge in [0.2, 0.25) is 5.82 Å². The number of aromatic nitrogens is 2. The molecule has 2 amide bonds. The minimum absolute atomic E-state index is 0.107. The van der Waals surface area contributed by atoms with E-state index in [-0.39, 0.29) is 17.9 Å². The first kappa shape index (κ1) is 16.7. The first-order valence-corrected chi connectivity index (χ1v) is 8.24. The number of hydrogen-bond acceptors (Lipinski definition) is 5. The number of nitrogens with one attached hydrogen (secondary N) is 1. The van der Waals surface area contributed by atoms with Crippen molar-refractivity contribution in [1.29, 1.82) is 0 Å². The van der Waals surface area contributed by atoms with Crippen molar-refractivity contribution in [3.63, 3.8) is 0 Å². The van der Waals surface area contributed by atoms with Crippen LogP contribution in [0, 0.1) is 0 Å². The number of hydrogen-bond donors (Lipinski definition) is 1. The van der Waals surface area contributed by atoms with Crippen molar-refractivity contribution in [2.24, 2.45) is 0 Å². The highest BCUT2D eigenvalue weighted by Gasteiger charge is 2.38. The summed E-state index contributed by atoms with van der Waals surface area (Å²) in [6.07, 6.45) is -2.65. The van der Waals surface area contributed by atoms with Crippen LogP contribution in [0.3, 0.4) is 0 Å². The molecule has 130 valence electrons. The van der Waals surface area contributed by atoms with E-state index in [0.717, 1.165) is 17.7 Å². The highest BCUT2D eigenvalue weighted by Crippen LogP contribution is 2.32. The van der Waals surface area contributed by atoms with Gasteiger partial charge in [0.15, 0.2) is 0 Å². The molecule has 0 aromatic carbocycles. The SMILES string of the molecule is CCN(Cc1ccc(-c2noc(C(F)(F)F)n2)s1)C(=O)NC1CC1. The number of alkyl halides is 3. The Morgan fingerprint density at radius 2 is 2.21 bits per heavy atom. The fourth-order valence-electron chi connectivity index (χ4n) is 2.03. The van der Waals surface area contributed by atoms with Crippen LogP contribution in [0.5, 0.6) is 0 Å². The van der Waals surface area contributed by atoms with Crippen molar-refractivity contribution in [1.82, 2.24) is 20.4 Å². The lowest BCUT2D eigenvalue weighted by Gasteiger charge is -2.20. The lowest BCUT2D eigenvalue weighted by atomic mass is 10.4. The highest BCUT2D eigenvalue weighted by atomic mass is 32.1. The van der Waals surface area contributed by atoms with Gasteiger partial charge in [-0.15, -0.1) is 11.3 Å². The predicted molar refractivity (Wildman–Crippen MR) is 80.3 cm³/mol. The third kappa shape index (κ3) is 3.86. The van der Waals surface area contributed by atoms with E-state index in [0.29, 0.717) is 18.0 Å². The van der Waals surface area contributed by atoms with Gasteiger partial charge in [-0.05, 0) is 31.9 Å². The Hall–Kier alpha value is -2.10. The summed E-state index contributed by atoms with van der Waals surface area (Å²) in [6.45, 7) is 2.78. The summed E-state index contributed by atoms with van der Waals surface area (Å²) in [5.41, 5.74) is 0. The first-order valence-electron chi connectivity index (χ1n) is 7.42. The summed E-state index contributed by atoms with van der Waals surface area (Å²) >= 11 is 1.23. The monoisotopic (exact) mass is 360 g/mol. The molecule has 6 nitrogen and oxygen atoms in total. The molecule has 0 radical (unpaired) electrons. The van der Waals surface area contributed by atoms with E-state index >= 15 is 0 Å². The van der Waals surface area contributed by atoms with Crippen molar-refractivity contribution < 1.29 is 22.5 Å². The minimum atomic E-state index is -4.66. The van der Waals surface area contributed by atoms with Gasteiger partial charge in [-0.2, -0.15) is 18.2 Å². The Morgan fingerprint density at radius 3 is 2.79 bits per heavy atom. The molecular weight excluding hydrogens is 345 g/mol. The van der Waals surface area contributed by atoms with Gasteiger partial charge >= 0.3 is 18.1 Å². The average molecular weight is 360 g/mol. The maximum absolute atomic E-state index is 12.5. The molecule has 0 saturated heterocycles. The van der Waals surface area contributed by atoms with Crippen LogP contribution in [0.1, 0.15) is 30.5 Å². The molecule has 2 aromatic rings. The van der Waals surface area contributed by atoms with E-state index in [1.807, 2.05) is 6.92 Å². The molecular formula is C14H15F3N4O2S. The third-order valence-electron chi connectivity index (χ3n) is 3.47. The van der Waals surface area contributed by atoms with E-state index in [9.17, 15) is 18.0 Å². The molecule has 0 spiro atoms. The van der Waals surface area contributed by atoms with Crippen molar-refractivity contribution >= 4 is 17.4 Å². The predicted octanol–water partition coefficient (Wildman–Crippen LogP) is 3.51. The van der Waals surface area contributed by atoms with Crippen LogP contribution in [0.25, 0.3) is 10.7 Å². The van der Waals surface area contributed by atoms with E-state index in [1.165, 1.54) is 11.3 Å². The Bertz CT molecular complexity index is 724. The quantitative estimate of drug-likeness (QED) is 0.886. The summed E-state index contributed by atoms with van der Waals surface area (Å²) in [6, 6.07) is 3.51. The van der Waals surface area contributed by atoms with Gasteiger partial charge in [0.05, 0.1) is 11.4 Å². The lowest BCUT2D eigenvalue weighted by molar-refractivity contribution is -0.159. The molecule has 3 rings (SSSR count). The van der Waals surface area contributed by atoms with E-state index in [4.69, 9.17) is 0 Å². The smallest absolute Gasteiger partial charge is 0.335 e.